The molecule has 0 aliphatic rings. The molecular weight excluding hydrogens is 326 g/mol. The standard InChI is InChI=1S/C22H15NO3/c24-21(13-10-15-6-2-1-3-7-15)23-16-11-12-18-20(14-16)26-19-9-5-4-8-17(19)22(18)25/h1-14H,(H,23,24)/b13-10+. The number of hydrogen-bond acceptors (Lipinski definition) is 3. The zero-order valence-corrected chi connectivity index (χ0v) is 13.8. The van der Waals surface area contributed by atoms with E-state index in [9.17, 15) is 9.59 Å². The molecule has 1 amide bonds. The molecule has 0 bridgehead atoms. The van der Waals surface area contributed by atoms with Crippen LogP contribution in [0, 0.1) is 0 Å². The summed E-state index contributed by atoms with van der Waals surface area (Å²) in [6, 6.07) is 21.7. The zero-order chi connectivity index (χ0) is 17.9. The van der Waals surface area contributed by atoms with Gasteiger partial charge >= 0.3 is 0 Å². The maximum absolute atomic E-state index is 12.5. The van der Waals surface area contributed by atoms with E-state index in [0.29, 0.717) is 27.6 Å². The first-order chi connectivity index (χ1) is 12.7. The normalized spacial score (nSPS) is 11.2. The molecule has 0 aliphatic heterocycles. The highest BCUT2D eigenvalue weighted by molar-refractivity contribution is 6.03. The number of nitrogens with one attached hydrogen (secondary N) is 1. The van der Waals surface area contributed by atoms with Gasteiger partial charge < -0.3 is 9.73 Å². The van der Waals surface area contributed by atoms with Gasteiger partial charge in [0.05, 0.1) is 10.8 Å². The molecule has 0 radical (unpaired) electrons. The van der Waals surface area contributed by atoms with E-state index in [2.05, 4.69) is 5.32 Å². The topological polar surface area (TPSA) is 59.3 Å². The Labute approximate surface area is 149 Å². The van der Waals surface area contributed by atoms with E-state index in [1.54, 1.807) is 42.5 Å². The van der Waals surface area contributed by atoms with E-state index >= 15 is 0 Å². The molecule has 26 heavy (non-hydrogen) atoms. The lowest BCUT2D eigenvalue weighted by Gasteiger charge is -2.05. The van der Waals surface area contributed by atoms with Crippen LogP contribution in [-0.4, -0.2) is 5.91 Å². The third kappa shape index (κ3) is 3.13. The molecule has 0 saturated carbocycles. The second-order valence-corrected chi connectivity index (χ2v) is 5.87. The predicted octanol–water partition coefficient (Wildman–Crippen LogP) is 4.60. The molecule has 0 fully saturated rings. The Hall–Kier alpha value is -3.66. The van der Waals surface area contributed by atoms with Crippen molar-refractivity contribution in [2.45, 2.75) is 0 Å². The summed E-state index contributed by atoms with van der Waals surface area (Å²) in [6.07, 6.45) is 3.21. The molecule has 0 saturated heterocycles. The Morgan fingerprint density at radius 3 is 2.42 bits per heavy atom. The summed E-state index contributed by atoms with van der Waals surface area (Å²) in [5.74, 6) is -0.253. The third-order valence-electron chi connectivity index (χ3n) is 4.07. The van der Waals surface area contributed by atoms with Crippen molar-refractivity contribution in [3.63, 3.8) is 0 Å². The highest BCUT2D eigenvalue weighted by Crippen LogP contribution is 2.21. The second kappa shape index (κ2) is 6.69. The summed E-state index contributed by atoms with van der Waals surface area (Å²) < 4.78 is 5.81. The molecule has 126 valence electrons. The number of carbonyl (C=O) groups excluding carboxylic acids is 1. The van der Waals surface area contributed by atoms with Crippen molar-refractivity contribution in [3.8, 4) is 0 Å². The molecule has 4 heteroatoms. The van der Waals surface area contributed by atoms with Crippen LogP contribution in [0.1, 0.15) is 5.56 Å². The summed E-state index contributed by atoms with van der Waals surface area (Å²) >= 11 is 0. The summed E-state index contributed by atoms with van der Waals surface area (Å²) in [6.45, 7) is 0. The minimum Gasteiger partial charge on any atom is -0.456 e. The lowest BCUT2D eigenvalue weighted by atomic mass is 10.1. The van der Waals surface area contributed by atoms with Crippen molar-refractivity contribution in [1.82, 2.24) is 0 Å². The number of para-hydroxylation sites is 1. The molecule has 4 aromatic rings. The first-order valence-corrected chi connectivity index (χ1v) is 8.20. The summed E-state index contributed by atoms with van der Waals surface area (Å²) in [4.78, 5) is 24.6. The van der Waals surface area contributed by atoms with Gasteiger partial charge in [-0.1, -0.05) is 42.5 Å². The van der Waals surface area contributed by atoms with E-state index in [4.69, 9.17) is 4.42 Å². The van der Waals surface area contributed by atoms with Gasteiger partial charge in [0.1, 0.15) is 11.2 Å². The maximum atomic E-state index is 12.5. The van der Waals surface area contributed by atoms with Crippen LogP contribution in [0.4, 0.5) is 5.69 Å². The Balaban J connectivity index is 1.63. The van der Waals surface area contributed by atoms with Gasteiger partial charge in [-0.3, -0.25) is 9.59 Å². The number of benzene rings is 3. The van der Waals surface area contributed by atoms with Gasteiger partial charge in [0, 0.05) is 17.8 Å². The Bertz CT molecular complexity index is 1190. The molecule has 1 aromatic heterocycles. The third-order valence-corrected chi connectivity index (χ3v) is 4.07. The fourth-order valence-electron chi connectivity index (χ4n) is 2.80. The zero-order valence-electron chi connectivity index (χ0n) is 13.8. The van der Waals surface area contributed by atoms with E-state index in [1.807, 2.05) is 36.4 Å². The average Bonchev–Trinajstić information content (AvgIpc) is 2.67. The number of hydrogen-bond donors (Lipinski definition) is 1. The van der Waals surface area contributed by atoms with E-state index < -0.39 is 0 Å². The molecule has 4 nitrogen and oxygen atoms in total. The van der Waals surface area contributed by atoms with Gasteiger partial charge in [0.15, 0.2) is 0 Å². The Morgan fingerprint density at radius 2 is 1.58 bits per heavy atom. The van der Waals surface area contributed by atoms with Crippen LogP contribution in [0.2, 0.25) is 0 Å². The van der Waals surface area contributed by atoms with Crippen molar-refractivity contribution in [1.29, 1.82) is 0 Å². The van der Waals surface area contributed by atoms with Crippen LogP contribution in [-0.2, 0) is 4.79 Å². The molecule has 1 N–H and O–H groups in total. The highest BCUT2D eigenvalue weighted by atomic mass is 16.3. The van der Waals surface area contributed by atoms with Gasteiger partial charge in [0.25, 0.3) is 0 Å². The van der Waals surface area contributed by atoms with Gasteiger partial charge in [0.2, 0.25) is 11.3 Å². The van der Waals surface area contributed by atoms with Crippen LogP contribution in [0.15, 0.2) is 88.1 Å². The predicted molar refractivity (Wildman–Crippen MR) is 104 cm³/mol. The van der Waals surface area contributed by atoms with E-state index in [0.717, 1.165) is 5.56 Å². The smallest absolute Gasteiger partial charge is 0.248 e. The lowest BCUT2D eigenvalue weighted by molar-refractivity contribution is -0.111. The van der Waals surface area contributed by atoms with Gasteiger partial charge in [-0.05, 0) is 35.9 Å². The monoisotopic (exact) mass is 341 g/mol. The number of anilines is 1. The first-order valence-electron chi connectivity index (χ1n) is 8.20. The van der Waals surface area contributed by atoms with E-state index in [1.165, 1.54) is 6.08 Å². The van der Waals surface area contributed by atoms with Crippen molar-refractivity contribution in [2.75, 3.05) is 5.32 Å². The maximum Gasteiger partial charge on any atom is 0.248 e. The number of amides is 1. The molecular formula is C22H15NO3. The van der Waals surface area contributed by atoms with Crippen LogP contribution in [0.5, 0.6) is 0 Å². The Kier molecular flexibility index (Phi) is 4.07. The second-order valence-electron chi connectivity index (χ2n) is 5.87. The largest absolute Gasteiger partial charge is 0.456 e. The minimum atomic E-state index is -0.253. The van der Waals surface area contributed by atoms with E-state index in [-0.39, 0.29) is 11.3 Å². The van der Waals surface area contributed by atoms with Crippen molar-refractivity contribution >= 4 is 39.6 Å². The SMILES string of the molecule is O=C(/C=C/c1ccccc1)Nc1ccc2c(=O)c3ccccc3oc2c1. The quantitative estimate of drug-likeness (QED) is 0.438. The number of carbonyl (C=O) groups is 1. The number of fused-ring (bicyclic) bond motifs is 2. The minimum absolute atomic E-state index is 0.0799. The highest BCUT2D eigenvalue weighted by Gasteiger charge is 2.08. The molecule has 0 unspecified atom stereocenters. The average molecular weight is 341 g/mol. The van der Waals surface area contributed by atoms with Crippen LogP contribution in [0.25, 0.3) is 28.0 Å². The summed E-state index contributed by atoms with van der Waals surface area (Å²) in [5.41, 5.74) is 2.40. The van der Waals surface area contributed by atoms with Gasteiger partial charge in [-0.2, -0.15) is 0 Å². The molecule has 0 atom stereocenters. The molecule has 3 aromatic carbocycles. The fourth-order valence-corrected chi connectivity index (χ4v) is 2.80. The van der Waals surface area contributed by atoms with Crippen LogP contribution < -0.4 is 10.7 Å². The Morgan fingerprint density at radius 1 is 0.846 bits per heavy atom. The summed E-state index contributed by atoms with van der Waals surface area (Å²) in [7, 11) is 0. The summed E-state index contributed by atoms with van der Waals surface area (Å²) in [5, 5.41) is 3.82. The number of rotatable bonds is 3. The lowest BCUT2D eigenvalue weighted by Crippen LogP contribution is -2.08. The van der Waals surface area contributed by atoms with Crippen molar-refractivity contribution in [3.05, 3.63) is 94.7 Å². The van der Waals surface area contributed by atoms with Crippen molar-refractivity contribution < 1.29 is 9.21 Å². The molecule has 0 spiro atoms. The first kappa shape index (κ1) is 15.8. The van der Waals surface area contributed by atoms with Gasteiger partial charge in [-0.15, -0.1) is 0 Å². The van der Waals surface area contributed by atoms with Crippen molar-refractivity contribution in [2.24, 2.45) is 0 Å². The van der Waals surface area contributed by atoms with Gasteiger partial charge in [-0.25, -0.2) is 0 Å². The molecule has 1 heterocycles. The van der Waals surface area contributed by atoms with Crippen LogP contribution >= 0.6 is 0 Å². The molecule has 0 aliphatic carbocycles. The molecule has 4 rings (SSSR count). The van der Waals surface area contributed by atoms with Crippen LogP contribution in [0.3, 0.4) is 0 Å². The fraction of sp³-hybridized carbons (Fsp3) is 0.